The fraction of sp³-hybridized carbons (Fsp3) is 0.800. The second-order valence-electron chi connectivity index (χ2n) is 1.39. The number of methoxy groups -OCH3 is 1. The zero-order chi connectivity index (χ0) is 6.41. The fourth-order valence-electron chi connectivity index (χ4n) is 0.379. The Kier molecular flexibility index (Phi) is 4.26. The highest BCUT2D eigenvalue weighted by Gasteiger charge is 1.93. The Balaban J connectivity index is 0. The molecule has 0 aromatic rings. The van der Waals surface area contributed by atoms with E-state index >= 15 is 0 Å². The smallest absolute Gasteiger partial charge is 0.245 e. The van der Waals surface area contributed by atoms with Crippen LogP contribution in [0.5, 0.6) is 0 Å². The Labute approximate surface area is 50.5 Å². The second kappa shape index (κ2) is 4.59. The van der Waals surface area contributed by atoms with E-state index in [0.29, 0.717) is 6.54 Å². The lowest BCUT2D eigenvalue weighted by Crippen LogP contribution is -2.26. The van der Waals surface area contributed by atoms with Crippen LogP contribution in [0.25, 0.3) is 0 Å². The average molecular weight is 119 g/mol. The molecule has 0 fully saturated rings. The molecule has 0 aromatic heterocycles. The van der Waals surface area contributed by atoms with Crippen LogP contribution in [0.2, 0.25) is 0 Å². The number of amides is 1. The van der Waals surface area contributed by atoms with Crippen LogP contribution >= 0.6 is 0 Å². The number of nitrogens with one attached hydrogen (secondary N) is 1. The van der Waals surface area contributed by atoms with Gasteiger partial charge in [0.05, 0.1) is 0 Å². The summed E-state index contributed by atoms with van der Waals surface area (Å²) in [6.07, 6.45) is 0. The lowest BCUT2D eigenvalue weighted by atomic mass is 10.6. The molecule has 0 saturated carbocycles. The molecule has 0 atom stereocenters. The number of carbonyl (C=O) groups excluding carboxylic acids is 1. The van der Waals surface area contributed by atoms with Crippen LogP contribution < -0.4 is 5.32 Å². The maximum Gasteiger partial charge on any atom is 0.245 e. The molecule has 0 aromatic carbocycles. The first kappa shape index (κ1) is 7.43. The topological polar surface area (TPSA) is 38.3 Å². The van der Waals surface area contributed by atoms with Gasteiger partial charge in [-0.25, -0.2) is 0 Å². The van der Waals surface area contributed by atoms with Gasteiger partial charge in [-0.2, -0.15) is 0 Å². The van der Waals surface area contributed by atoms with E-state index < -0.39 is 0 Å². The molecule has 50 valence electrons. The van der Waals surface area contributed by atoms with Gasteiger partial charge in [0.2, 0.25) is 5.91 Å². The van der Waals surface area contributed by atoms with E-state index in [4.69, 9.17) is 0 Å². The van der Waals surface area contributed by atoms with Crippen LogP contribution in [0.15, 0.2) is 0 Å². The van der Waals surface area contributed by atoms with E-state index in [0.717, 1.165) is 0 Å². The highest BCUT2D eigenvalue weighted by Crippen LogP contribution is 1.65. The van der Waals surface area contributed by atoms with Crippen molar-refractivity contribution in [3.05, 3.63) is 0 Å². The van der Waals surface area contributed by atoms with Crippen molar-refractivity contribution in [2.24, 2.45) is 0 Å². The summed E-state index contributed by atoms with van der Waals surface area (Å²) in [6, 6.07) is 0. The van der Waals surface area contributed by atoms with Crippen LogP contribution in [0.1, 0.15) is 8.35 Å². The molecule has 0 aliphatic rings. The van der Waals surface area contributed by atoms with Crippen molar-refractivity contribution in [2.75, 3.05) is 20.3 Å². The van der Waals surface area contributed by atoms with Crippen molar-refractivity contribution in [1.82, 2.24) is 5.32 Å². The third kappa shape index (κ3) is 3.61. The predicted octanol–water partition coefficient (Wildman–Crippen LogP) is 0.0149. The Bertz CT molecular complexity index is 69.4. The van der Waals surface area contributed by atoms with Gasteiger partial charge in [0.15, 0.2) is 0 Å². The Morgan fingerprint density at radius 3 is 2.88 bits per heavy atom. The standard InChI is InChI=1S/C5H11NO2.H2/c1-3-6-5(7)4-8-2;/h3-4H2,1-2H3,(H,6,7);1H. The maximum atomic E-state index is 10.4. The van der Waals surface area contributed by atoms with Gasteiger partial charge in [0.1, 0.15) is 6.61 Å². The first-order valence-corrected chi connectivity index (χ1v) is 2.57. The molecule has 3 nitrogen and oxygen atoms in total. The van der Waals surface area contributed by atoms with E-state index in [2.05, 4.69) is 10.1 Å². The van der Waals surface area contributed by atoms with Crippen molar-refractivity contribution < 1.29 is 11.0 Å². The summed E-state index contributed by atoms with van der Waals surface area (Å²) in [5, 5.41) is 2.58. The highest BCUT2D eigenvalue weighted by atomic mass is 16.5. The quantitative estimate of drug-likeness (QED) is 0.568. The monoisotopic (exact) mass is 119 g/mol. The van der Waals surface area contributed by atoms with Crippen LogP contribution in [0.3, 0.4) is 0 Å². The van der Waals surface area contributed by atoms with Crippen LogP contribution in [0, 0.1) is 0 Å². The van der Waals surface area contributed by atoms with Gasteiger partial charge in [-0.3, -0.25) is 4.79 Å². The molecule has 0 aliphatic carbocycles. The Hall–Kier alpha value is -0.570. The molecule has 1 amide bonds. The third-order valence-corrected chi connectivity index (χ3v) is 0.649. The largest absolute Gasteiger partial charge is 0.375 e. The molecule has 0 unspecified atom stereocenters. The fourth-order valence-corrected chi connectivity index (χ4v) is 0.379. The van der Waals surface area contributed by atoms with Crippen LogP contribution in [0.4, 0.5) is 0 Å². The summed E-state index contributed by atoms with van der Waals surface area (Å²) in [6.45, 7) is 2.70. The van der Waals surface area contributed by atoms with Gasteiger partial charge >= 0.3 is 0 Å². The predicted molar refractivity (Wildman–Crippen MR) is 32.7 cm³/mol. The number of ether oxygens (including phenoxy) is 1. The number of rotatable bonds is 3. The van der Waals surface area contributed by atoms with Crippen molar-refractivity contribution in [2.45, 2.75) is 6.92 Å². The molecule has 3 heteroatoms. The first-order valence-electron chi connectivity index (χ1n) is 2.57. The molecule has 0 radical (unpaired) electrons. The van der Waals surface area contributed by atoms with Gasteiger partial charge in [-0.05, 0) is 6.92 Å². The molecule has 0 saturated heterocycles. The molecule has 1 N–H and O–H groups in total. The van der Waals surface area contributed by atoms with Gasteiger partial charge in [0.25, 0.3) is 0 Å². The summed E-state index contributed by atoms with van der Waals surface area (Å²) in [7, 11) is 1.50. The Morgan fingerprint density at radius 2 is 2.50 bits per heavy atom. The van der Waals surface area contributed by atoms with Gasteiger partial charge < -0.3 is 10.1 Å². The van der Waals surface area contributed by atoms with E-state index in [-0.39, 0.29) is 13.9 Å². The minimum atomic E-state index is -0.0602. The third-order valence-electron chi connectivity index (χ3n) is 0.649. The number of hydrogen-bond donors (Lipinski definition) is 1. The molecule has 0 heterocycles. The lowest BCUT2D eigenvalue weighted by Gasteiger charge is -1.97. The van der Waals surface area contributed by atoms with E-state index in [1.54, 1.807) is 0 Å². The minimum Gasteiger partial charge on any atom is -0.375 e. The van der Waals surface area contributed by atoms with E-state index in [1.165, 1.54) is 7.11 Å². The molecule has 8 heavy (non-hydrogen) atoms. The average Bonchev–Trinajstić information content (AvgIpc) is 1.68. The zero-order valence-corrected chi connectivity index (χ0v) is 5.23. The molecular weight excluding hydrogens is 106 g/mol. The number of likely N-dealkylation sites (N-methyl/N-ethyl adjacent to an activating group) is 1. The van der Waals surface area contributed by atoms with Gasteiger partial charge in [-0.1, -0.05) is 0 Å². The molecular formula is C5H13NO2. The maximum absolute atomic E-state index is 10.4. The normalized spacial score (nSPS) is 8.75. The SMILES string of the molecule is CCNC(=O)COC.[HH]. The second-order valence-corrected chi connectivity index (χ2v) is 1.39. The zero-order valence-electron chi connectivity index (χ0n) is 5.23. The first-order chi connectivity index (χ1) is 3.81. The minimum absolute atomic E-state index is 0. The molecule has 0 spiro atoms. The van der Waals surface area contributed by atoms with Crippen LogP contribution in [-0.4, -0.2) is 26.2 Å². The van der Waals surface area contributed by atoms with Crippen LogP contribution in [-0.2, 0) is 9.53 Å². The number of hydrogen-bond acceptors (Lipinski definition) is 2. The van der Waals surface area contributed by atoms with Crippen molar-refractivity contribution in [3.63, 3.8) is 0 Å². The van der Waals surface area contributed by atoms with Crippen molar-refractivity contribution >= 4 is 5.91 Å². The summed E-state index contributed by atoms with van der Waals surface area (Å²) in [5.74, 6) is -0.0602. The van der Waals surface area contributed by atoms with Gasteiger partial charge in [0, 0.05) is 15.1 Å². The van der Waals surface area contributed by atoms with Crippen molar-refractivity contribution in [3.8, 4) is 0 Å². The lowest BCUT2D eigenvalue weighted by molar-refractivity contribution is -0.124. The molecule has 0 aliphatic heterocycles. The van der Waals surface area contributed by atoms with E-state index in [1.807, 2.05) is 6.92 Å². The summed E-state index contributed by atoms with van der Waals surface area (Å²) < 4.78 is 4.54. The van der Waals surface area contributed by atoms with Gasteiger partial charge in [-0.15, -0.1) is 0 Å². The summed E-state index contributed by atoms with van der Waals surface area (Å²) >= 11 is 0. The van der Waals surface area contributed by atoms with E-state index in [9.17, 15) is 4.79 Å². The summed E-state index contributed by atoms with van der Waals surface area (Å²) in [5.41, 5.74) is 0. The number of carbonyl (C=O) groups is 1. The Morgan fingerprint density at radius 1 is 1.88 bits per heavy atom. The molecule has 0 bridgehead atoms. The highest BCUT2D eigenvalue weighted by molar-refractivity contribution is 5.76. The van der Waals surface area contributed by atoms with Crippen molar-refractivity contribution in [1.29, 1.82) is 0 Å². The molecule has 0 rings (SSSR count). The summed E-state index contributed by atoms with van der Waals surface area (Å²) in [4.78, 5) is 10.4.